The Morgan fingerprint density at radius 2 is 1.95 bits per heavy atom. The highest BCUT2D eigenvalue weighted by atomic mass is 35.5. The number of hydrogen-bond donors (Lipinski definition) is 2. The summed E-state index contributed by atoms with van der Waals surface area (Å²) < 4.78 is 41.7. The Balaban J connectivity index is 1.28. The molecule has 2 bridgehead atoms. The second kappa shape index (κ2) is 10.7. The lowest BCUT2D eigenvalue weighted by Gasteiger charge is -2.36. The van der Waals surface area contributed by atoms with E-state index < -0.39 is 18.4 Å². The quantitative estimate of drug-likeness (QED) is 0.423. The van der Waals surface area contributed by atoms with Gasteiger partial charge in [-0.15, -0.1) is 11.3 Å². The van der Waals surface area contributed by atoms with Gasteiger partial charge < -0.3 is 20.2 Å². The fourth-order valence-electron chi connectivity index (χ4n) is 6.68. The lowest BCUT2D eigenvalue weighted by atomic mass is 9.92. The molecule has 0 spiro atoms. The molecule has 2 amide bonds. The maximum atomic E-state index is 14.0. The lowest BCUT2D eigenvalue weighted by molar-refractivity contribution is 0.0299. The Labute approximate surface area is 248 Å². The van der Waals surface area contributed by atoms with Crippen molar-refractivity contribution in [3.05, 3.63) is 74.8 Å². The number of aliphatic hydroxyl groups excluding tert-OH is 1. The van der Waals surface area contributed by atoms with Gasteiger partial charge in [-0.1, -0.05) is 17.7 Å². The van der Waals surface area contributed by atoms with E-state index in [-0.39, 0.29) is 40.7 Å². The van der Waals surface area contributed by atoms with Crippen molar-refractivity contribution in [3.63, 3.8) is 0 Å². The summed E-state index contributed by atoms with van der Waals surface area (Å²) in [5.41, 5.74) is 2.09. The molecule has 1 aromatic carbocycles. The smallest absolute Gasteiger partial charge is 0.333 e. The van der Waals surface area contributed by atoms with Crippen LogP contribution in [0.25, 0.3) is 5.57 Å². The maximum Gasteiger partial charge on any atom is 0.333 e. The Hall–Kier alpha value is -3.42. The molecular formula is C28H27ClF3N7O2S. The SMILES string of the molecule is O=C(N[C@H]1CC2=C(c3ccn(C(F)F)n3)[C@H](c3ccc(F)cc3Cl)N=C(c3nccs3)N2C1)N1C[C@H]2CC[C@@H](C1)C2O. The van der Waals surface area contributed by atoms with Crippen molar-refractivity contribution in [1.29, 1.82) is 0 Å². The van der Waals surface area contributed by atoms with Crippen LogP contribution < -0.4 is 5.32 Å². The molecule has 1 saturated carbocycles. The van der Waals surface area contributed by atoms with Crippen LogP contribution in [0, 0.1) is 17.7 Å². The third-order valence-corrected chi connectivity index (χ3v) is 9.72. The number of nitrogens with one attached hydrogen (secondary N) is 1. The Morgan fingerprint density at radius 3 is 2.62 bits per heavy atom. The molecule has 2 saturated heterocycles. The van der Waals surface area contributed by atoms with E-state index >= 15 is 0 Å². The number of rotatable bonds is 5. The lowest BCUT2D eigenvalue weighted by Crippen LogP contribution is -2.53. The molecule has 7 rings (SSSR count). The van der Waals surface area contributed by atoms with Gasteiger partial charge in [0.05, 0.1) is 17.8 Å². The summed E-state index contributed by atoms with van der Waals surface area (Å²) in [4.78, 5) is 26.6. The molecule has 220 valence electrons. The highest BCUT2D eigenvalue weighted by Gasteiger charge is 2.44. The zero-order valence-corrected chi connectivity index (χ0v) is 23.8. The molecule has 1 aliphatic carbocycles. The van der Waals surface area contributed by atoms with Gasteiger partial charge in [-0.25, -0.2) is 18.9 Å². The number of aliphatic imine (C=N–C) groups is 1. The average Bonchev–Trinajstić information content (AvgIpc) is 3.75. The highest BCUT2D eigenvalue weighted by Crippen LogP contribution is 2.46. The minimum absolute atomic E-state index is 0.0912. The number of fused-ring (bicyclic) bond motifs is 3. The summed E-state index contributed by atoms with van der Waals surface area (Å²) in [7, 11) is 0. The van der Waals surface area contributed by atoms with Crippen molar-refractivity contribution in [1.82, 2.24) is 29.9 Å². The number of amidine groups is 1. The first-order valence-corrected chi connectivity index (χ1v) is 15.0. The van der Waals surface area contributed by atoms with E-state index in [1.165, 1.54) is 35.7 Å². The maximum absolute atomic E-state index is 14.0. The van der Waals surface area contributed by atoms with Gasteiger partial charge in [0.1, 0.15) is 11.9 Å². The number of alkyl halides is 2. The van der Waals surface area contributed by atoms with Crippen LogP contribution in [0.15, 0.2) is 52.7 Å². The van der Waals surface area contributed by atoms with Crippen molar-refractivity contribution >= 4 is 40.4 Å². The average molecular weight is 618 g/mol. The van der Waals surface area contributed by atoms with Gasteiger partial charge in [-0.2, -0.15) is 13.9 Å². The summed E-state index contributed by atoms with van der Waals surface area (Å²) in [6.45, 7) is -1.43. The number of thiazole rings is 1. The summed E-state index contributed by atoms with van der Waals surface area (Å²) in [6.07, 6.45) is 4.72. The van der Waals surface area contributed by atoms with Crippen LogP contribution in [0.3, 0.4) is 0 Å². The van der Waals surface area contributed by atoms with Crippen LogP contribution in [-0.4, -0.2) is 73.3 Å². The van der Waals surface area contributed by atoms with Crippen LogP contribution in [0.1, 0.15) is 48.1 Å². The molecule has 5 heterocycles. The van der Waals surface area contributed by atoms with Gasteiger partial charge in [-0.3, -0.25) is 4.99 Å². The van der Waals surface area contributed by atoms with E-state index in [2.05, 4.69) is 15.4 Å². The molecule has 2 aromatic heterocycles. The monoisotopic (exact) mass is 617 g/mol. The van der Waals surface area contributed by atoms with E-state index in [1.807, 2.05) is 10.3 Å². The molecule has 3 aliphatic heterocycles. The van der Waals surface area contributed by atoms with Gasteiger partial charge in [0.25, 0.3) is 0 Å². The number of halogens is 4. The number of carbonyl (C=O) groups is 1. The van der Waals surface area contributed by atoms with Crippen molar-refractivity contribution in [2.75, 3.05) is 19.6 Å². The number of benzene rings is 1. The van der Waals surface area contributed by atoms with Crippen LogP contribution in [0.2, 0.25) is 5.02 Å². The molecule has 4 aliphatic rings. The number of aromatic nitrogens is 3. The number of nitrogens with zero attached hydrogens (tertiary/aromatic N) is 6. The van der Waals surface area contributed by atoms with Gasteiger partial charge in [-0.05, 0) is 31.0 Å². The number of likely N-dealkylation sites (tertiary alicyclic amines) is 1. The fraction of sp³-hybridized carbons (Fsp3) is 0.429. The predicted molar refractivity (Wildman–Crippen MR) is 151 cm³/mol. The Bertz CT molecular complexity index is 1560. The summed E-state index contributed by atoms with van der Waals surface area (Å²) in [5, 5.41) is 20.3. The van der Waals surface area contributed by atoms with Crippen LogP contribution >= 0.6 is 22.9 Å². The van der Waals surface area contributed by atoms with E-state index in [0.29, 0.717) is 52.7 Å². The highest BCUT2D eigenvalue weighted by molar-refractivity contribution is 7.11. The number of amides is 2. The Morgan fingerprint density at radius 1 is 1.17 bits per heavy atom. The topological polar surface area (TPSA) is 98.9 Å². The van der Waals surface area contributed by atoms with Gasteiger partial charge >= 0.3 is 12.6 Å². The van der Waals surface area contributed by atoms with Gasteiger partial charge in [0.15, 0.2) is 10.8 Å². The summed E-state index contributed by atoms with van der Waals surface area (Å²) in [6, 6.07) is 4.23. The second-order valence-corrected chi connectivity index (χ2v) is 12.4. The first-order valence-electron chi connectivity index (χ1n) is 13.8. The zero-order chi connectivity index (χ0) is 29.1. The molecule has 5 atom stereocenters. The minimum Gasteiger partial charge on any atom is -0.392 e. The Kier molecular flexibility index (Phi) is 6.98. The standard InChI is InChI=1S/C28H27ClF3N7O2S/c29-19-9-16(30)3-4-18(19)23-22(20-5-7-39(36-20)27(31)32)21-10-17(13-38(21)25(35-23)26-33-6-8-42-26)34-28(41)37-11-14-1-2-15(12-37)24(14)40/h3-9,14-15,17,23-24,27,40H,1-2,10-13H2,(H,34,41)/t14-,15+,17-,23-,24?/m0/s1. The number of urea groups is 1. The van der Waals surface area contributed by atoms with Crippen molar-refractivity contribution < 1.29 is 23.1 Å². The molecule has 14 heteroatoms. The van der Waals surface area contributed by atoms with E-state index in [9.17, 15) is 23.1 Å². The molecule has 3 aromatic rings. The first kappa shape index (κ1) is 27.4. The van der Waals surface area contributed by atoms with E-state index in [0.717, 1.165) is 18.5 Å². The summed E-state index contributed by atoms with van der Waals surface area (Å²) in [5.74, 6) is 0.226. The van der Waals surface area contributed by atoms with Crippen molar-refractivity contribution in [2.24, 2.45) is 16.8 Å². The third kappa shape index (κ3) is 4.77. The first-order chi connectivity index (χ1) is 20.3. The zero-order valence-electron chi connectivity index (χ0n) is 22.2. The molecule has 3 fully saturated rings. The molecule has 42 heavy (non-hydrogen) atoms. The fourth-order valence-corrected chi connectivity index (χ4v) is 7.59. The molecule has 1 unspecified atom stereocenters. The van der Waals surface area contributed by atoms with Crippen molar-refractivity contribution in [3.8, 4) is 0 Å². The number of piperidine rings is 1. The number of hydrogen-bond acceptors (Lipinski definition) is 7. The van der Waals surface area contributed by atoms with Crippen LogP contribution in [0.4, 0.5) is 18.0 Å². The molecule has 9 nitrogen and oxygen atoms in total. The molecular weight excluding hydrogens is 591 g/mol. The normalized spacial score (nSPS) is 27.1. The number of carbonyl (C=O) groups excluding carboxylic acids is 1. The third-order valence-electron chi connectivity index (χ3n) is 8.62. The molecule has 2 N–H and O–H groups in total. The largest absolute Gasteiger partial charge is 0.392 e. The van der Waals surface area contributed by atoms with E-state index in [1.54, 1.807) is 17.2 Å². The van der Waals surface area contributed by atoms with Gasteiger partial charge in [0.2, 0.25) is 0 Å². The predicted octanol–water partition coefficient (Wildman–Crippen LogP) is 4.93. The van der Waals surface area contributed by atoms with Crippen LogP contribution in [0.5, 0.6) is 0 Å². The van der Waals surface area contributed by atoms with Crippen LogP contribution in [-0.2, 0) is 0 Å². The summed E-state index contributed by atoms with van der Waals surface area (Å²) >= 11 is 7.92. The minimum atomic E-state index is -2.83. The van der Waals surface area contributed by atoms with E-state index in [4.69, 9.17) is 16.6 Å². The number of aliphatic hydroxyl groups is 1. The second-order valence-electron chi connectivity index (χ2n) is 11.1. The molecule has 0 radical (unpaired) electrons. The van der Waals surface area contributed by atoms with Crippen molar-refractivity contribution in [2.45, 2.75) is 44.0 Å². The van der Waals surface area contributed by atoms with Gasteiger partial charge in [0, 0.05) is 77.5 Å².